The molecule has 9 nitrogen and oxygen atoms in total. The molecule has 4 rings (SSSR count). The maximum Gasteiger partial charge on any atom is 0.498 e. The average Bonchev–Trinajstić information content (AvgIpc) is 3.30. The van der Waals surface area contributed by atoms with Gasteiger partial charge in [-0.05, 0) is 74.1 Å². The van der Waals surface area contributed by atoms with Crippen LogP contribution in [0.15, 0.2) is 12.4 Å². The van der Waals surface area contributed by atoms with Crippen LogP contribution in [-0.2, 0) is 23.5 Å². The number of piperidine rings is 1. The van der Waals surface area contributed by atoms with E-state index in [9.17, 15) is 4.79 Å². The predicted octanol–water partition coefficient (Wildman–Crippen LogP) is 3.28. The van der Waals surface area contributed by atoms with Gasteiger partial charge in [0.1, 0.15) is 11.7 Å². The first kappa shape index (κ1) is 25.5. The molecule has 190 valence electrons. The first-order valence-corrected chi connectivity index (χ1v) is 12.5. The molecule has 0 saturated carbocycles. The summed E-state index contributed by atoms with van der Waals surface area (Å²) in [5, 5.41) is 4.65. The van der Waals surface area contributed by atoms with Crippen molar-refractivity contribution in [1.29, 1.82) is 0 Å². The second kappa shape index (κ2) is 9.45. The van der Waals surface area contributed by atoms with Crippen molar-refractivity contribution in [2.24, 2.45) is 0 Å². The van der Waals surface area contributed by atoms with Gasteiger partial charge in [-0.1, -0.05) is 0 Å². The van der Waals surface area contributed by atoms with E-state index >= 15 is 0 Å². The summed E-state index contributed by atoms with van der Waals surface area (Å²) < 4.78 is 32.2. The van der Waals surface area contributed by atoms with Gasteiger partial charge in [0.05, 0.1) is 23.8 Å². The minimum Gasteiger partial charge on any atom is -0.444 e. The van der Waals surface area contributed by atoms with Crippen molar-refractivity contribution in [1.82, 2.24) is 14.7 Å². The number of ether oxygens (including phenoxy) is 3. The van der Waals surface area contributed by atoms with E-state index in [-0.39, 0.29) is 24.5 Å². The zero-order valence-electron chi connectivity index (χ0n) is 21.7. The Morgan fingerprint density at radius 1 is 1.15 bits per heavy atom. The second-order valence-electron chi connectivity index (χ2n) is 11.6. The van der Waals surface area contributed by atoms with Crippen LogP contribution in [0, 0.1) is 0 Å². The molecule has 3 aliphatic heterocycles. The Balaban J connectivity index is 1.50. The molecule has 3 aliphatic rings. The van der Waals surface area contributed by atoms with Crippen molar-refractivity contribution >= 4 is 18.7 Å². The largest absolute Gasteiger partial charge is 0.498 e. The van der Waals surface area contributed by atoms with Crippen LogP contribution in [-0.4, -0.2) is 76.8 Å². The highest BCUT2D eigenvalue weighted by Gasteiger charge is 2.52. The van der Waals surface area contributed by atoms with E-state index < -0.39 is 23.9 Å². The first-order valence-electron chi connectivity index (χ1n) is 12.5. The van der Waals surface area contributed by atoms with Gasteiger partial charge in [-0.2, -0.15) is 5.10 Å². The summed E-state index contributed by atoms with van der Waals surface area (Å²) in [5.41, 5.74) is -0.498. The minimum atomic E-state index is -0.545. The molecule has 1 aromatic heterocycles. The Morgan fingerprint density at radius 3 is 2.47 bits per heavy atom. The van der Waals surface area contributed by atoms with E-state index in [2.05, 4.69) is 5.10 Å². The maximum absolute atomic E-state index is 12.8. The van der Waals surface area contributed by atoms with Crippen LogP contribution in [0.25, 0.3) is 0 Å². The summed E-state index contributed by atoms with van der Waals surface area (Å²) in [6.45, 7) is 15.5. The lowest BCUT2D eigenvalue weighted by molar-refractivity contribution is -0.205. The Hall–Kier alpha value is -1.62. The molecule has 1 aromatic rings. The molecule has 3 fully saturated rings. The Bertz CT molecular complexity index is 845. The summed E-state index contributed by atoms with van der Waals surface area (Å²) in [7, 11) is -0.471. The molecule has 0 N–H and O–H groups in total. The fourth-order valence-corrected chi connectivity index (χ4v) is 4.48. The molecule has 0 aromatic carbocycles. The van der Waals surface area contributed by atoms with Crippen LogP contribution in [0.1, 0.15) is 80.2 Å². The van der Waals surface area contributed by atoms with Crippen LogP contribution in [0.3, 0.4) is 0 Å². The highest BCUT2D eigenvalue weighted by molar-refractivity contribution is 6.62. The molecule has 4 heterocycles. The number of rotatable bonds is 4. The number of nitrogens with zero attached hydrogens (tertiary/aromatic N) is 3. The summed E-state index contributed by atoms with van der Waals surface area (Å²) in [6, 6.07) is -0.0413. The van der Waals surface area contributed by atoms with E-state index in [1.165, 1.54) is 0 Å². The minimum absolute atomic E-state index is 0.0413. The SMILES string of the molecule is CC(C)(C)OC(=O)N1CCC(n2cc(B3OC(C)(C)C(C)(C)O3)cn2)C(OC2CCCCO2)C1. The third-order valence-electron chi connectivity index (χ3n) is 7.13. The highest BCUT2D eigenvalue weighted by Crippen LogP contribution is 2.36. The van der Waals surface area contributed by atoms with Crippen LogP contribution < -0.4 is 5.46 Å². The van der Waals surface area contributed by atoms with Gasteiger partial charge in [0.15, 0.2) is 6.29 Å². The van der Waals surface area contributed by atoms with E-state index in [1.807, 2.05) is 59.3 Å². The number of aromatic nitrogens is 2. The van der Waals surface area contributed by atoms with E-state index in [1.54, 1.807) is 11.1 Å². The molecule has 0 radical (unpaired) electrons. The van der Waals surface area contributed by atoms with Crippen LogP contribution in [0.2, 0.25) is 0 Å². The molecular weight excluding hydrogens is 437 g/mol. The first-order chi connectivity index (χ1) is 15.8. The third kappa shape index (κ3) is 5.61. The standard InChI is InChI=1S/C24H40BN3O6/c1-22(2,3)32-21(29)27-12-11-18(19(16-27)31-20-10-8-9-13-30-20)28-15-17(14-26-28)25-33-23(4,5)24(6,7)34-25/h14-15,18-20H,8-13,16H2,1-7H3. The Kier molecular flexibility index (Phi) is 7.08. The number of carbonyl (C=O) groups excluding carboxylic acids is 1. The molecular formula is C24H40BN3O6. The predicted molar refractivity (Wildman–Crippen MR) is 128 cm³/mol. The van der Waals surface area contributed by atoms with Crippen LogP contribution >= 0.6 is 0 Å². The zero-order chi connectivity index (χ0) is 24.7. The fraction of sp³-hybridized carbons (Fsp3) is 0.833. The molecule has 10 heteroatoms. The molecule has 34 heavy (non-hydrogen) atoms. The van der Waals surface area contributed by atoms with E-state index in [0.29, 0.717) is 26.1 Å². The van der Waals surface area contributed by atoms with Gasteiger partial charge >= 0.3 is 13.2 Å². The quantitative estimate of drug-likeness (QED) is 0.616. The molecule has 3 unspecified atom stereocenters. The van der Waals surface area contributed by atoms with Gasteiger partial charge in [0.25, 0.3) is 0 Å². The lowest BCUT2D eigenvalue weighted by Crippen LogP contribution is -2.51. The van der Waals surface area contributed by atoms with Crippen LogP contribution in [0.5, 0.6) is 0 Å². The monoisotopic (exact) mass is 477 g/mol. The topological polar surface area (TPSA) is 84.3 Å². The van der Waals surface area contributed by atoms with Gasteiger partial charge in [-0.25, -0.2) is 4.79 Å². The smallest absolute Gasteiger partial charge is 0.444 e. The summed E-state index contributed by atoms with van der Waals surface area (Å²) in [4.78, 5) is 14.5. The van der Waals surface area contributed by atoms with Gasteiger partial charge in [-0.15, -0.1) is 0 Å². The van der Waals surface area contributed by atoms with Crippen molar-refractivity contribution in [3.8, 4) is 0 Å². The average molecular weight is 477 g/mol. The van der Waals surface area contributed by atoms with E-state index in [0.717, 1.165) is 24.7 Å². The maximum atomic E-state index is 12.8. The van der Waals surface area contributed by atoms with Gasteiger partial charge < -0.3 is 28.4 Å². The molecule has 0 bridgehead atoms. The molecule has 1 amide bonds. The number of carbonyl (C=O) groups is 1. The molecule has 0 aliphatic carbocycles. The van der Waals surface area contributed by atoms with Crippen molar-refractivity contribution in [3.05, 3.63) is 12.4 Å². The second-order valence-corrected chi connectivity index (χ2v) is 11.6. The van der Waals surface area contributed by atoms with Gasteiger partial charge in [0, 0.05) is 31.0 Å². The molecule has 0 spiro atoms. The third-order valence-corrected chi connectivity index (χ3v) is 7.13. The van der Waals surface area contributed by atoms with Crippen molar-refractivity contribution in [2.75, 3.05) is 19.7 Å². The summed E-state index contributed by atoms with van der Waals surface area (Å²) in [6.07, 6.45) is 6.61. The number of hydrogen-bond acceptors (Lipinski definition) is 7. The van der Waals surface area contributed by atoms with Gasteiger partial charge in [0.2, 0.25) is 0 Å². The number of hydrogen-bond donors (Lipinski definition) is 0. The molecule has 3 atom stereocenters. The number of likely N-dealkylation sites (tertiary alicyclic amines) is 1. The Morgan fingerprint density at radius 2 is 1.85 bits per heavy atom. The van der Waals surface area contributed by atoms with Crippen molar-refractivity contribution in [3.63, 3.8) is 0 Å². The van der Waals surface area contributed by atoms with E-state index in [4.69, 9.17) is 23.5 Å². The van der Waals surface area contributed by atoms with Crippen molar-refractivity contribution in [2.45, 2.75) is 109 Å². The Labute approximate surface area is 203 Å². The summed E-state index contributed by atoms with van der Waals surface area (Å²) in [5.74, 6) is 0. The summed E-state index contributed by atoms with van der Waals surface area (Å²) >= 11 is 0. The van der Waals surface area contributed by atoms with Gasteiger partial charge in [-0.3, -0.25) is 4.68 Å². The van der Waals surface area contributed by atoms with Crippen molar-refractivity contribution < 1.29 is 28.3 Å². The lowest BCUT2D eigenvalue weighted by atomic mass is 9.82. The normalized spacial score (nSPS) is 29.3. The van der Waals surface area contributed by atoms with Crippen LogP contribution in [0.4, 0.5) is 4.79 Å². The number of amides is 1. The molecule has 3 saturated heterocycles. The fourth-order valence-electron chi connectivity index (χ4n) is 4.48. The zero-order valence-corrected chi connectivity index (χ0v) is 21.7. The highest BCUT2D eigenvalue weighted by atomic mass is 16.7. The lowest BCUT2D eigenvalue weighted by Gasteiger charge is -2.40.